The van der Waals surface area contributed by atoms with Crippen LogP contribution < -0.4 is 4.90 Å². The van der Waals surface area contributed by atoms with Crippen LogP contribution in [0.25, 0.3) is 0 Å². The van der Waals surface area contributed by atoms with Gasteiger partial charge in [-0.25, -0.2) is 0 Å². The first-order valence-corrected chi connectivity index (χ1v) is 9.29. The van der Waals surface area contributed by atoms with Gasteiger partial charge < -0.3 is 14.7 Å². The maximum Gasteiger partial charge on any atom is 0.231 e. The molecule has 0 radical (unpaired) electrons. The molecule has 6 heteroatoms. The molecule has 1 aromatic carbocycles. The van der Waals surface area contributed by atoms with Crippen molar-refractivity contribution in [3.8, 4) is 0 Å². The van der Waals surface area contributed by atoms with Gasteiger partial charge in [0, 0.05) is 45.3 Å². The Kier molecular flexibility index (Phi) is 5.30. The Morgan fingerprint density at radius 1 is 1.04 bits per heavy atom. The Labute approximate surface area is 154 Å². The van der Waals surface area contributed by atoms with Crippen molar-refractivity contribution in [3.05, 3.63) is 29.3 Å². The fraction of sp³-hybridized carbons (Fsp3) is 0.550. The number of anilines is 1. The minimum Gasteiger partial charge on any atom is -0.339 e. The molecule has 6 nitrogen and oxygen atoms in total. The zero-order valence-electron chi connectivity index (χ0n) is 15.8. The first-order chi connectivity index (χ1) is 12.3. The summed E-state index contributed by atoms with van der Waals surface area (Å²) in [7, 11) is 1.78. The van der Waals surface area contributed by atoms with E-state index in [0.29, 0.717) is 51.4 Å². The second-order valence-electron chi connectivity index (χ2n) is 7.63. The molecule has 26 heavy (non-hydrogen) atoms. The van der Waals surface area contributed by atoms with Crippen molar-refractivity contribution >= 4 is 23.4 Å². The van der Waals surface area contributed by atoms with E-state index < -0.39 is 0 Å². The van der Waals surface area contributed by atoms with Gasteiger partial charge in [-0.2, -0.15) is 0 Å². The second kappa shape index (κ2) is 7.48. The maximum absolute atomic E-state index is 12.6. The van der Waals surface area contributed by atoms with Crippen LogP contribution in [0.1, 0.15) is 31.4 Å². The molecular formula is C20H27N3O3. The molecule has 1 aromatic rings. The van der Waals surface area contributed by atoms with E-state index in [9.17, 15) is 14.4 Å². The molecule has 3 rings (SSSR count). The Morgan fingerprint density at radius 2 is 1.65 bits per heavy atom. The minimum atomic E-state index is 0.0820. The molecule has 0 aliphatic carbocycles. The minimum absolute atomic E-state index is 0.0820. The van der Waals surface area contributed by atoms with Crippen molar-refractivity contribution in [2.24, 2.45) is 5.92 Å². The lowest BCUT2D eigenvalue weighted by Crippen LogP contribution is -2.51. The molecule has 2 heterocycles. The quantitative estimate of drug-likeness (QED) is 0.820. The van der Waals surface area contributed by atoms with E-state index in [2.05, 4.69) is 0 Å². The average molecular weight is 357 g/mol. The Morgan fingerprint density at radius 3 is 2.27 bits per heavy atom. The van der Waals surface area contributed by atoms with Crippen molar-refractivity contribution in [1.29, 1.82) is 0 Å². The third-order valence-corrected chi connectivity index (χ3v) is 5.14. The van der Waals surface area contributed by atoms with Crippen molar-refractivity contribution in [3.63, 3.8) is 0 Å². The van der Waals surface area contributed by atoms with Crippen LogP contribution in [0.2, 0.25) is 0 Å². The van der Waals surface area contributed by atoms with Gasteiger partial charge in [0.2, 0.25) is 17.7 Å². The Balaban J connectivity index is 1.55. The lowest BCUT2D eigenvalue weighted by Gasteiger charge is -2.35. The summed E-state index contributed by atoms with van der Waals surface area (Å²) in [5.74, 6) is 0.705. The van der Waals surface area contributed by atoms with Gasteiger partial charge in [-0.1, -0.05) is 26.0 Å². The van der Waals surface area contributed by atoms with Crippen molar-refractivity contribution in [1.82, 2.24) is 9.80 Å². The van der Waals surface area contributed by atoms with Crippen LogP contribution >= 0.6 is 0 Å². The molecule has 140 valence electrons. The topological polar surface area (TPSA) is 60.9 Å². The van der Waals surface area contributed by atoms with Gasteiger partial charge in [0.25, 0.3) is 0 Å². The number of nitrogens with zero attached hydrogens (tertiary/aromatic N) is 3. The number of fused-ring (bicyclic) bond motifs is 1. The number of hydrogen-bond acceptors (Lipinski definition) is 3. The highest BCUT2D eigenvalue weighted by molar-refractivity contribution is 6.01. The molecule has 0 spiro atoms. The molecular weight excluding hydrogens is 330 g/mol. The Bertz CT molecular complexity index is 721. The maximum atomic E-state index is 12.6. The van der Waals surface area contributed by atoms with Gasteiger partial charge in [-0.15, -0.1) is 0 Å². The number of hydrogen-bond donors (Lipinski definition) is 0. The molecule has 1 fully saturated rings. The predicted octanol–water partition coefficient (Wildman–Crippen LogP) is 1.46. The molecule has 0 bridgehead atoms. The summed E-state index contributed by atoms with van der Waals surface area (Å²) in [6.07, 6.45) is 1.31. The summed E-state index contributed by atoms with van der Waals surface area (Å²) in [5, 5.41) is 0. The molecule has 2 aliphatic heterocycles. The largest absolute Gasteiger partial charge is 0.339 e. The fourth-order valence-electron chi connectivity index (χ4n) is 3.60. The zero-order valence-corrected chi connectivity index (χ0v) is 15.8. The number of benzene rings is 1. The molecule has 0 atom stereocenters. The molecule has 0 saturated carbocycles. The smallest absolute Gasteiger partial charge is 0.231 e. The van der Waals surface area contributed by atoms with Crippen molar-refractivity contribution < 1.29 is 14.4 Å². The van der Waals surface area contributed by atoms with Gasteiger partial charge >= 0.3 is 0 Å². The number of rotatable bonds is 4. The monoisotopic (exact) mass is 357 g/mol. The fourth-order valence-corrected chi connectivity index (χ4v) is 3.60. The Hall–Kier alpha value is -2.37. The molecule has 1 saturated heterocycles. The van der Waals surface area contributed by atoms with Gasteiger partial charge in [0.05, 0.1) is 12.8 Å². The zero-order chi connectivity index (χ0) is 18.8. The van der Waals surface area contributed by atoms with E-state index in [1.54, 1.807) is 11.9 Å². The summed E-state index contributed by atoms with van der Waals surface area (Å²) in [6, 6.07) is 5.82. The lowest BCUT2D eigenvalue weighted by atomic mass is 10.0. The standard InChI is InChI=1S/C20H27N3O3/c1-14(2)10-19(25)22-6-8-23(9-7-22)20(26)12-15-4-5-17-16(11-15)13-18(24)21(17)3/h4-5,11,14H,6-10,12-13H2,1-3H3. The van der Waals surface area contributed by atoms with Gasteiger partial charge in [0.1, 0.15) is 0 Å². The van der Waals surface area contributed by atoms with Crippen LogP contribution in [0.5, 0.6) is 0 Å². The summed E-state index contributed by atoms with van der Waals surface area (Å²) in [6.45, 7) is 6.49. The van der Waals surface area contributed by atoms with Gasteiger partial charge in [0.15, 0.2) is 0 Å². The van der Waals surface area contributed by atoms with Crippen LogP contribution in [0.3, 0.4) is 0 Å². The summed E-state index contributed by atoms with van der Waals surface area (Å²) < 4.78 is 0. The van der Waals surface area contributed by atoms with Crippen LogP contribution in [-0.2, 0) is 27.2 Å². The van der Waals surface area contributed by atoms with Crippen LogP contribution in [0.15, 0.2) is 18.2 Å². The predicted molar refractivity (Wildman–Crippen MR) is 99.9 cm³/mol. The van der Waals surface area contributed by atoms with Crippen molar-refractivity contribution in [2.75, 3.05) is 38.1 Å². The number of carbonyl (C=O) groups excluding carboxylic acids is 3. The van der Waals surface area contributed by atoms with E-state index >= 15 is 0 Å². The SMILES string of the molecule is CC(C)CC(=O)N1CCN(C(=O)Cc2ccc3c(c2)CC(=O)N3C)CC1. The van der Waals surface area contributed by atoms with Gasteiger partial charge in [-0.3, -0.25) is 14.4 Å². The van der Waals surface area contributed by atoms with Gasteiger partial charge in [-0.05, 0) is 23.1 Å². The van der Waals surface area contributed by atoms with E-state index in [0.717, 1.165) is 16.8 Å². The highest BCUT2D eigenvalue weighted by atomic mass is 16.2. The molecule has 3 amide bonds. The summed E-state index contributed by atoms with van der Waals surface area (Å²) >= 11 is 0. The first kappa shape index (κ1) is 18.4. The van der Waals surface area contributed by atoms with Crippen LogP contribution in [-0.4, -0.2) is 60.7 Å². The number of carbonyl (C=O) groups is 3. The molecule has 0 aromatic heterocycles. The third-order valence-electron chi connectivity index (χ3n) is 5.14. The van der Waals surface area contributed by atoms with Crippen LogP contribution in [0, 0.1) is 5.92 Å². The van der Waals surface area contributed by atoms with E-state index in [4.69, 9.17) is 0 Å². The number of likely N-dealkylation sites (N-methyl/N-ethyl adjacent to an activating group) is 1. The van der Waals surface area contributed by atoms with E-state index in [1.807, 2.05) is 41.8 Å². The normalized spacial score (nSPS) is 17.1. The average Bonchev–Trinajstić information content (AvgIpc) is 2.88. The highest BCUT2D eigenvalue weighted by Gasteiger charge is 2.26. The van der Waals surface area contributed by atoms with E-state index in [-0.39, 0.29) is 17.7 Å². The van der Waals surface area contributed by atoms with E-state index in [1.165, 1.54) is 0 Å². The summed E-state index contributed by atoms with van der Waals surface area (Å²) in [5.41, 5.74) is 2.87. The number of piperazine rings is 1. The molecule has 0 N–H and O–H groups in total. The molecule has 2 aliphatic rings. The molecule has 0 unspecified atom stereocenters. The van der Waals surface area contributed by atoms with Crippen LogP contribution in [0.4, 0.5) is 5.69 Å². The van der Waals surface area contributed by atoms with Crippen molar-refractivity contribution in [2.45, 2.75) is 33.1 Å². The third kappa shape index (κ3) is 3.89. The highest BCUT2D eigenvalue weighted by Crippen LogP contribution is 2.28. The second-order valence-corrected chi connectivity index (χ2v) is 7.63. The number of amides is 3. The summed E-state index contributed by atoms with van der Waals surface area (Å²) in [4.78, 5) is 41.9. The lowest BCUT2D eigenvalue weighted by molar-refractivity contribution is -0.139. The first-order valence-electron chi connectivity index (χ1n) is 9.29.